The number of carbonyl (C=O) groups is 3. The van der Waals surface area contributed by atoms with Crippen LogP contribution in [-0.2, 0) is 20.7 Å². The normalized spacial score (nSPS) is 13.9. The number of aromatic nitrogens is 1. The standard InChI is InChI=1S/C20H26N2O6/c1-11(16(17(23)24)18(25)26)15(22-19(27)28-20(2,3)4)9-12-10-21-14-8-6-5-7-13(12)14/h5-8,10-11,15-16,21H,9H2,1-4H3,(H,22,27)(H,23,24)(H,25,26). The van der Waals surface area contributed by atoms with Gasteiger partial charge < -0.3 is 25.3 Å². The van der Waals surface area contributed by atoms with E-state index in [1.807, 2.05) is 24.3 Å². The van der Waals surface area contributed by atoms with Crippen molar-refractivity contribution in [3.63, 3.8) is 0 Å². The number of carboxylic acids is 2. The molecule has 2 unspecified atom stereocenters. The number of para-hydroxylation sites is 1. The van der Waals surface area contributed by atoms with E-state index in [-0.39, 0.29) is 6.42 Å². The minimum Gasteiger partial charge on any atom is -0.481 e. The maximum Gasteiger partial charge on any atom is 0.407 e. The van der Waals surface area contributed by atoms with Crippen molar-refractivity contribution >= 4 is 28.9 Å². The number of fused-ring (bicyclic) bond motifs is 1. The first-order chi connectivity index (χ1) is 13.0. The van der Waals surface area contributed by atoms with Crippen LogP contribution in [-0.4, -0.2) is 44.9 Å². The van der Waals surface area contributed by atoms with Gasteiger partial charge in [0.15, 0.2) is 5.92 Å². The molecule has 4 N–H and O–H groups in total. The van der Waals surface area contributed by atoms with Gasteiger partial charge in [0.2, 0.25) is 0 Å². The van der Waals surface area contributed by atoms with Crippen molar-refractivity contribution in [2.75, 3.05) is 0 Å². The van der Waals surface area contributed by atoms with Crippen LogP contribution in [0, 0.1) is 11.8 Å². The van der Waals surface area contributed by atoms with E-state index in [9.17, 15) is 24.6 Å². The Labute approximate surface area is 162 Å². The minimum atomic E-state index is -1.66. The number of rotatable bonds is 7. The van der Waals surface area contributed by atoms with Gasteiger partial charge in [-0.2, -0.15) is 0 Å². The Morgan fingerprint density at radius 3 is 2.32 bits per heavy atom. The van der Waals surface area contributed by atoms with E-state index in [2.05, 4.69) is 10.3 Å². The summed E-state index contributed by atoms with van der Waals surface area (Å²) in [6.07, 6.45) is 1.30. The lowest BCUT2D eigenvalue weighted by molar-refractivity contribution is -0.157. The molecule has 0 saturated carbocycles. The number of hydrogen-bond donors (Lipinski definition) is 4. The van der Waals surface area contributed by atoms with Gasteiger partial charge in [-0.05, 0) is 38.8 Å². The third-order valence-electron chi connectivity index (χ3n) is 4.51. The number of alkyl carbamates (subject to hydrolysis) is 1. The van der Waals surface area contributed by atoms with E-state index in [1.165, 1.54) is 6.92 Å². The molecule has 1 aromatic heterocycles. The highest BCUT2D eigenvalue weighted by Crippen LogP contribution is 2.25. The first kappa shape index (κ1) is 21.3. The molecule has 2 atom stereocenters. The van der Waals surface area contributed by atoms with E-state index in [0.29, 0.717) is 0 Å². The lowest BCUT2D eigenvalue weighted by Gasteiger charge is -2.29. The number of aromatic amines is 1. The molecule has 0 aliphatic heterocycles. The highest BCUT2D eigenvalue weighted by atomic mass is 16.6. The monoisotopic (exact) mass is 390 g/mol. The summed E-state index contributed by atoms with van der Waals surface area (Å²) in [6, 6.07) is 6.80. The highest BCUT2D eigenvalue weighted by Gasteiger charge is 2.38. The predicted molar refractivity (Wildman–Crippen MR) is 103 cm³/mol. The van der Waals surface area contributed by atoms with Crippen LogP contribution >= 0.6 is 0 Å². The second-order valence-electron chi connectivity index (χ2n) is 7.83. The summed E-state index contributed by atoms with van der Waals surface area (Å²) >= 11 is 0. The maximum atomic E-state index is 12.3. The molecule has 1 aromatic carbocycles. The van der Waals surface area contributed by atoms with Crippen LogP contribution in [0.5, 0.6) is 0 Å². The Bertz CT molecular complexity index is 853. The average molecular weight is 390 g/mol. The van der Waals surface area contributed by atoms with Crippen LogP contribution < -0.4 is 5.32 Å². The number of amides is 1. The van der Waals surface area contributed by atoms with Gasteiger partial charge in [0.05, 0.1) is 0 Å². The number of nitrogens with one attached hydrogen (secondary N) is 2. The summed E-state index contributed by atoms with van der Waals surface area (Å²) in [5.41, 5.74) is 1.00. The van der Waals surface area contributed by atoms with Crippen molar-refractivity contribution < 1.29 is 29.3 Å². The fraction of sp³-hybridized carbons (Fsp3) is 0.450. The first-order valence-electron chi connectivity index (χ1n) is 8.99. The van der Waals surface area contributed by atoms with Gasteiger partial charge in [0, 0.05) is 29.1 Å². The first-order valence-corrected chi connectivity index (χ1v) is 8.99. The molecule has 8 nitrogen and oxygen atoms in total. The van der Waals surface area contributed by atoms with Crippen molar-refractivity contribution in [3.8, 4) is 0 Å². The zero-order valence-electron chi connectivity index (χ0n) is 16.4. The molecule has 152 valence electrons. The van der Waals surface area contributed by atoms with Crippen LogP contribution in [0.4, 0.5) is 4.79 Å². The smallest absolute Gasteiger partial charge is 0.407 e. The molecule has 2 rings (SSSR count). The summed E-state index contributed by atoms with van der Waals surface area (Å²) in [6.45, 7) is 6.63. The number of hydrogen-bond acceptors (Lipinski definition) is 4. The second kappa shape index (κ2) is 8.33. The molecule has 28 heavy (non-hydrogen) atoms. The van der Waals surface area contributed by atoms with Crippen LogP contribution in [0.3, 0.4) is 0 Å². The van der Waals surface area contributed by atoms with Gasteiger partial charge in [-0.15, -0.1) is 0 Å². The Kier molecular flexibility index (Phi) is 6.33. The molecule has 0 aliphatic rings. The molecule has 0 fully saturated rings. The Morgan fingerprint density at radius 1 is 1.14 bits per heavy atom. The zero-order valence-corrected chi connectivity index (χ0v) is 16.4. The summed E-state index contributed by atoms with van der Waals surface area (Å²) in [4.78, 5) is 38.4. The Morgan fingerprint density at radius 2 is 1.75 bits per heavy atom. The summed E-state index contributed by atoms with van der Waals surface area (Å²) in [5, 5.41) is 22.3. The molecule has 0 aliphatic carbocycles. The molecule has 0 saturated heterocycles. The van der Waals surface area contributed by atoms with E-state index in [1.54, 1.807) is 27.0 Å². The van der Waals surface area contributed by atoms with Gasteiger partial charge in [-0.1, -0.05) is 25.1 Å². The second-order valence-corrected chi connectivity index (χ2v) is 7.83. The van der Waals surface area contributed by atoms with Crippen LogP contribution in [0.1, 0.15) is 33.3 Å². The number of ether oxygens (including phenoxy) is 1. The number of H-pyrrole nitrogens is 1. The average Bonchev–Trinajstić information content (AvgIpc) is 2.95. The summed E-state index contributed by atoms with van der Waals surface area (Å²) in [5.74, 6) is -5.44. The Hall–Kier alpha value is -3.03. The minimum absolute atomic E-state index is 0.251. The fourth-order valence-electron chi connectivity index (χ4n) is 3.15. The quantitative estimate of drug-likeness (QED) is 0.538. The topological polar surface area (TPSA) is 129 Å². The van der Waals surface area contributed by atoms with Crippen LogP contribution in [0.25, 0.3) is 10.9 Å². The fourth-order valence-corrected chi connectivity index (χ4v) is 3.15. The van der Waals surface area contributed by atoms with Crippen molar-refractivity contribution in [1.82, 2.24) is 10.3 Å². The molecule has 0 spiro atoms. The summed E-state index contributed by atoms with van der Waals surface area (Å²) < 4.78 is 5.27. The molecule has 1 amide bonds. The van der Waals surface area contributed by atoms with Crippen molar-refractivity contribution in [1.29, 1.82) is 0 Å². The molecule has 0 radical (unpaired) electrons. The van der Waals surface area contributed by atoms with Gasteiger partial charge in [-0.3, -0.25) is 9.59 Å². The van der Waals surface area contributed by atoms with Crippen molar-refractivity contribution in [2.24, 2.45) is 11.8 Å². The third-order valence-corrected chi connectivity index (χ3v) is 4.51. The molecular weight excluding hydrogens is 364 g/mol. The SMILES string of the molecule is CC(C(Cc1c[nH]c2ccccc12)NC(=O)OC(C)(C)C)C(C(=O)O)C(=O)O. The number of carbonyl (C=O) groups excluding carboxylic acids is 1. The highest BCUT2D eigenvalue weighted by molar-refractivity contribution is 5.93. The number of benzene rings is 1. The molecule has 2 aromatic rings. The van der Waals surface area contributed by atoms with Gasteiger partial charge in [0.1, 0.15) is 5.60 Å². The molecule has 0 bridgehead atoms. The molecule has 1 heterocycles. The number of aliphatic carboxylic acids is 2. The van der Waals surface area contributed by atoms with Gasteiger partial charge in [0.25, 0.3) is 0 Å². The largest absolute Gasteiger partial charge is 0.481 e. The summed E-state index contributed by atoms with van der Waals surface area (Å²) in [7, 11) is 0. The van der Waals surface area contributed by atoms with E-state index < -0.39 is 41.5 Å². The van der Waals surface area contributed by atoms with Gasteiger partial charge >= 0.3 is 18.0 Å². The predicted octanol–water partition coefficient (Wildman–Crippen LogP) is 3.03. The molecular formula is C20H26N2O6. The van der Waals surface area contributed by atoms with E-state index in [0.717, 1.165) is 16.5 Å². The van der Waals surface area contributed by atoms with Crippen LogP contribution in [0.2, 0.25) is 0 Å². The lowest BCUT2D eigenvalue weighted by Crippen LogP contribution is -2.48. The molecule has 8 heteroatoms. The van der Waals surface area contributed by atoms with Crippen molar-refractivity contribution in [3.05, 3.63) is 36.0 Å². The van der Waals surface area contributed by atoms with Gasteiger partial charge in [-0.25, -0.2) is 4.79 Å². The van der Waals surface area contributed by atoms with E-state index in [4.69, 9.17) is 4.74 Å². The third kappa shape index (κ3) is 5.25. The van der Waals surface area contributed by atoms with Crippen LogP contribution in [0.15, 0.2) is 30.5 Å². The maximum absolute atomic E-state index is 12.3. The lowest BCUT2D eigenvalue weighted by atomic mass is 9.84. The van der Waals surface area contributed by atoms with E-state index >= 15 is 0 Å². The number of carboxylic acid groups (broad SMARTS) is 2. The zero-order chi connectivity index (χ0) is 21.1. The Balaban J connectivity index is 2.33. The van der Waals surface area contributed by atoms with Crippen molar-refractivity contribution in [2.45, 2.75) is 45.8 Å².